The maximum atomic E-state index is 12.2. The van der Waals surface area contributed by atoms with Crippen LogP contribution in [0.25, 0.3) is 0 Å². The van der Waals surface area contributed by atoms with Crippen LogP contribution in [0.15, 0.2) is 23.3 Å². The molecular formula is C19H31ClN4O2. The molecular weight excluding hydrogens is 352 g/mol. The van der Waals surface area contributed by atoms with Gasteiger partial charge in [-0.1, -0.05) is 31.4 Å². The van der Waals surface area contributed by atoms with Gasteiger partial charge in [-0.2, -0.15) is 5.10 Å². The highest BCUT2D eigenvalue weighted by molar-refractivity contribution is 6.32. The van der Waals surface area contributed by atoms with Crippen molar-refractivity contribution in [1.82, 2.24) is 5.43 Å². The zero-order valence-corrected chi connectivity index (χ0v) is 16.8. The molecule has 0 radical (unpaired) electrons. The SMILES string of the molecule is CCCCCOC.CN/N=C1\CC(=O)N(CCCN)c2ccc(Cl)cc21. The highest BCUT2D eigenvalue weighted by atomic mass is 35.5. The second-order valence-corrected chi connectivity index (χ2v) is 6.44. The second-order valence-electron chi connectivity index (χ2n) is 6.01. The maximum Gasteiger partial charge on any atom is 0.233 e. The van der Waals surface area contributed by atoms with Crippen molar-refractivity contribution in [3.63, 3.8) is 0 Å². The number of carbonyl (C=O) groups is 1. The zero-order chi connectivity index (χ0) is 19.4. The van der Waals surface area contributed by atoms with Gasteiger partial charge in [0, 0.05) is 37.9 Å². The van der Waals surface area contributed by atoms with Crippen LogP contribution < -0.4 is 16.1 Å². The first-order valence-corrected chi connectivity index (χ1v) is 9.49. The lowest BCUT2D eigenvalue weighted by atomic mass is 9.98. The third-order valence-corrected chi connectivity index (χ3v) is 4.20. The molecule has 0 saturated heterocycles. The van der Waals surface area contributed by atoms with E-state index in [0.717, 1.165) is 24.3 Å². The average molecular weight is 383 g/mol. The van der Waals surface area contributed by atoms with Gasteiger partial charge >= 0.3 is 0 Å². The van der Waals surface area contributed by atoms with Gasteiger partial charge in [0.15, 0.2) is 0 Å². The molecule has 146 valence electrons. The molecule has 1 aromatic rings. The summed E-state index contributed by atoms with van der Waals surface area (Å²) in [7, 11) is 3.46. The van der Waals surface area contributed by atoms with Crippen LogP contribution in [0.4, 0.5) is 5.69 Å². The lowest BCUT2D eigenvalue weighted by Crippen LogP contribution is -2.39. The summed E-state index contributed by atoms with van der Waals surface area (Å²) in [6, 6.07) is 5.48. The van der Waals surface area contributed by atoms with E-state index in [1.807, 2.05) is 12.1 Å². The topological polar surface area (TPSA) is 80.0 Å². The van der Waals surface area contributed by atoms with Crippen LogP contribution in [0.3, 0.4) is 0 Å². The smallest absolute Gasteiger partial charge is 0.233 e. The molecule has 0 fully saturated rings. The molecule has 2 rings (SSSR count). The normalized spacial score (nSPS) is 14.7. The zero-order valence-electron chi connectivity index (χ0n) is 16.1. The summed E-state index contributed by atoms with van der Waals surface area (Å²) in [5, 5.41) is 4.80. The van der Waals surface area contributed by atoms with E-state index in [1.54, 1.807) is 25.1 Å². The molecule has 0 saturated carbocycles. The molecule has 6 nitrogen and oxygen atoms in total. The molecule has 1 aromatic carbocycles. The van der Waals surface area contributed by atoms with Crippen molar-refractivity contribution in [3.05, 3.63) is 28.8 Å². The molecule has 1 heterocycles. The quantitative estimate of drug-likeness (QED) is 0.534. The van der Waals surface area contributed by atoms with Gasteiger partial charge in [0.05, 0.1) is 17.8 Å². The highest BCUT2D eigenvalue weighted by Crippen LogP contribution is 2.30. The summed E-state index contributed by atoms with van der Waals surface area (Å²) >= 11 is 6.03. The first-order chi connectivity index (χ1) is 12.6. The van der Waals surface area contributed by atoms with E-state index in [1.165, 1.54) is 19.3 Å². The molecule has 26 heavy (non-hydrogen) atoms. The maximum absolute atomic E-state index is 12.2. The van der Waals surface area contributed by atoms with Crippen LogP contribution in [0.2, 0.25) is 5.02 Å². The van der Waals surface area contributed by atoms with Crippen molar-refractivity contribution in [3.8, 4) is 0 Å². The van der Waals surface area contributed by atoms with E-state index in [9.17, 15) is 4.79 Å². The van der Waals surface area contributed by atoms with E-state index >= 15 is 0 Å². The van der Waals surface area contributed by atoms with Gasteiger partial charge < -0.3 is 20.8 Å². The molecule has 0 aromatic heterocycles. The molecule has 0 bridgehead atoms. The minimum atomic E-state index is 0.0391. The Kier molecular flexibility index (Phi) is 10.9. The molecule has 7 heteroatoms. The number of nitrogens with zero attached hydrogens (tertiary/aromatic N) is 2. The second kappa shape index (κ2) is 12.7. The minimum absolute atomic E-state index is 0.0391. The van der Waals surface area contributed by atoms with Crippen LogP contribution in [-0.2, 0) is 9.53 Å². The molecule has 0 unspecified atom stereocenters. The Balaban J connectivity index is 0.000000412. The third-order valence-electron chi connectivity index (χ3n) is 3.96. The fourth-order valence-electron chi connectivity index (χ4n) is 2.67. The number of methoxy groups -OCH3 is 1. The van der Waals surface area contributed by atoms with E-state index < -0.39 is 0 Å². The van der Waals surface area contributed by atoms with Gasteiger partial charge in [-0.3, -0.25) is 4.79 Å². The molecule has 3 N–H and O–H groups in total. The number of nitrogens with two attached hydrogens (primary N) is 1. The van der Waals surface area contributed by atoms with Gasteiger partial charge in [0.1, 0.15) is 0 Å². The third kappa shape index (κ3) is 6.94. The van der Waals surface area contributed by atoms with Crippen LogP contribution >= 0.6 is 11.6 Å². The number of unbranched alkanes of at least 4 members (excludes halogenated alkanes) is 2. The minimum Gasteiger partial charge on any atom is -0.385 e. The first-order valence-electron chi connectivity index (χ1n) is 9.11. The number of fused-ring (bicyclic) bond motifs is 1. The van der Waals surface area contributed by atoms with Crippen molar-refractivity contribution in [2.24, 2.45) is 10.8 Å². The summed E-state index contributed by atoms with van der Waals surface area (Å²) in [5.41, 5.74) is 10.7. The molecule has 0 atom stereocenters. The number of benzene rings is 1. The average Bonchev–Trinajstić information content (AvgIpc) is 2.63. The van der Waals surface area contributed by atoms with Crippen molar-refractivity contribution >= 4 is 28.9 Å². The predicted molar refractivity (Wildman–Crippen MR) is 109 cm³/mol. The Morgan fingerprint density at radius 1 is 1.35 bits per heavy atom. The van der Waals surface area contributed by atoms with E-state index in [0.29, 0.717) is 23.8 Å². The number of hydrogen-bond donors (Lipinski definition) is 2. The fraction of sp³-hybridized carbons (Fsp3) is 0.579. The van der Waals surface area contributed by atoms with Gasteiger partial charge in [-0.05, 0) is 37.6 Å². The number of nitrogens with one attached hydrogen (secondary N) is 1. The molecule has 0 spiro atoms. The molecule has 0 aliphatic carbocycles. The number of carbonyl (C=O) groups excluding carboxylic acids is 1. The van der Waals surface area contributed by atoms with Crippen molar-refractivity contribution in [1.29, 1.82) is 0 Å². The Hall–Kier alpha value is -1.63. The van der Waals surface area contributed by atoms with Gasteiger partial charge in [0.25, 0.3) is 0 Å². The van der Waals surface area contributed by atoms with Gasteiger partial charge in [-0.25, -0.2) is 0 Å². The summed E-state index contributed by atoms with van der Waals surface area (Å²) in [5.74, 6) is 0.0391. The van der Waals surface area contributed by atoms with Crippen molar-refractivity contribution < 1.29 is 9.53 Å². The van der Waals surface area contributed by atoms with Crippen LogP contribution in [-0.4, -0.2) is 45.5 Å². The molecule has 1 aliphatic rings. The summed E-state index contributed by atoms with van der Waals surface area (Å²) in [6.45, 7) is 4.30. The van der Waals surface area contributed by atoms with Crippen LogP contribution in [0.1, 0.15) is 44.6 Å². The standard InChI is InChI=1S/C13H17ClN4O.C6H14O/c1-16-17-11-8-13(19)18(6-2-5-15)12-4-3-9(14)7-10(11)12;1-3-4-5-6-7-2/h3-4,7,16H,2,5-6,8,15H2,1H3;3-6H2,1-2H3/b17-11+;. The predicted octanol–water partition coefficient (Wildman–Crippen LogP) is 3.17. The number of rotatable bonds is 8. The fourth-order valence-corrected chi connectivity index (χ4v) is 2.84. The lowest BCUT2D eigenvalue weighted by Gasteiger charge is -2.30. The molecule has 1 aliphatic heterocycles. The van der Waals surface area contributed by atoms with Gasteiger partial charge in [-0.15, -0.1) is 0 Å². The van der Waals surface area contributed by atoms with Crippen LogP contribution in [0, 0.1) is 0 Å². The largest absolute Gasteiger partial charge is 0.385 e. The van der Waals surface area contributed by atoms with E-state index in [2.05, 4.69) is 17.5 Å². The number of amides is 1. The number of ether oxygens (including phenoxy) is 1. The Bertz CT molecular complexity index is 589. The Morgan fingerprint density at radius 2 is 2.12 bits per heavy atom. The molecule has 1 amide bonds. The summed E-state index contributed by atoms with van der Waals surface area (Å²) in [4.78, 5) is 13.9. The monoisotopic (exact) mass is 382 g/mol. The number of halogens is 1. The van der Waals surface area contributed by atoms with Crippen LogP contribution in [0.5, 0.6) is 0 Å². The number of hydrazone groups is 1. The number of hydrogen-bond acceptors (Lipinski definition) is 5. The van der Waals surface area contributed by atoms with Crippen molar-refractivity contribution in [2.45, 2.75) is 39.0 Å². The Labute approximate surface area is 161 Å². The summed E-state index contributed by atoms with van der Waals surface area (Å²) < 4.78 is 4.84. The van der Waals surface area contributed by atoms with Gasteiger partial charge in [0.2, 0.25) is 5.91 Å². The van der Waals surface area contributed by atoms with E-state index in [4.69, 9.17) is 22.1 Å². The van der Waals surface area contributed by atoms with E-state index in [-0.39, 0.29) is 12.3 Å². The van der Waals surface area contributed by atoms with Crippen molar-refractivity contribution in [2.75, 3.05) is 38.8 Å². The lowest BCUT2D eigenvalue weighted by molar-refractivity contribution is -0.117. The highest BCUT2D eigenvalue weighted by Gasteiger charge is 2.28. The first kappa shape index (κ1) is 22.4. The number of anilines is 1. The summed E-state index contributed by atoms with van der Waals surface area (Å²) in [6.07, 6.45) is 4.84. The Morgan fingerprint density at radius 3 is 2.73 bits per heavy atom.